The highest BCUT2D eigenvalue weighted by atomic mass is 32.1. The molecule has 0 N–H and O–H groups in total. The molecule has 0 aliphatic heterocycles. The third-order valence-electron chi connectivity index (χ3n) is 1.47. The van der Waals surface area contributed by atoms with Crippen LogP contribution in [0.25, 0.3) is 0 Å². The van der Waals surface area contributed by atoms with Gasteiger partial charge in [0.15, 0.2) is 0 Å². The smallest absolute Gasteiger partial charge is 0.339 e. The topological polar surface area (TPSA) is 26.3 Å². The molecular weight excluding hydrogens is 184 g/mol. The molecule has 1 rings (SSSR count). The third-order valence-corrected chi connectivity index (χ3v) is 1.86. The summed E-state index contributed by atoms with van der Waals surface area (Å²) < 4.78 is 5.01. The average Bonchev–Trinajstić information content (AvgIpc) is 2.18. The Balaban J connectivity index is 2.66. The van der Waals surface area contributed by atoms with Gasteiger partial charge in [0, 0.05) is 5.57 Å². The van der Waals surface area contributed by atoms with Crippen LogP contribution in [0.2, 0.25) is 0 Å². The van der Waals surface area contributed by atoms with Crippen LogP contribution in [-0.2, 0) is 4.79 Å². The lowest BCUT2D eigenvalue weighted by molar-refractivity contribution is -0.130. The van der Waals surface area contributed by atoms with Crippen molar-refractivity contribution >= 4 is 18.6 Å². The van der Waals surface area contributed by atoms with Crippen LogP contribution in [0.3, 0.4) is 0 Å². The second kappa shape index (κ2) is 4.72. The normalized spacial score (nSPS) is 11.1. The summed E-state index contributed by atoms with van der Waals surface area (Å²) in [7, 11) is 0. The quantitative estimate of drug-likeness (QED) is 0.339. The Hall–Kier alpha value is -1.22. The molecule has 0 spiro atoms. The largest absolute Gasteiger partial charge is 0.423 e. The maximum Gasteiger partial charge on any atom is 0.339 e. The fourth-order valence-electron chi connectivity index (χ4n) is 0.729. The van der Waals surface area contributed by atoms with Gasteiger partial charge in [0.05, 0.1) is 0 Å². The molecule has 1 aromatic rings. The summed E-state index contributed by atoms with van der Waals surface area (Å²) in [5, 5.41) is 1.42. The van der Waals surface area contributed by atoms with Crippen LogP contribution < -0.4 is 4.74 Å². The van der Waals surface area contributed by atoms with Crippen molar-refractivity contribution in [1.29, 1.82) is 0 Å². The summed E-state index contributed by atoms with van der Waals surface area (Å²) in [6.45, 7) is 1.65. The summed E-state index contributed by atoms with van der Waals surface area (Å²) in [4.78, 5) is 11.2. The van der Waals surface area contributed by atoms with Crippen LogP contribution in [0.1, 0.15) is 6.92 Å². The summed E-state index contributed by atoms with van der Waals surface area (Å²) in [5.74, 6) is 0.170. The average molecular weight is 194 g/mol. The zero-order valence-corrected chi connectivity index (χ0v) is 8.12. The molecule has 0 amide bonds. The van der Waals surface area contributed by atoms with E-state index in [9.17, 15) is 4.79 Å². The number of ether oxygens (including phenoxy) is 1. The maximum absolute atomic E-state index is 11.2. The second-order valence-electron chi connectivity index (χ2n) is 2.51. The molecule has 0 aliphatic rings. The van der Waals surface area contributed by atoms with Crippen LogP contribution in [0.4, 0.5) is 0 Å². The summed E-state index contributed by atoms with van der Waals surface area (Å²) in [6.07, 6.45) is 0. The standard InChI is InChI=1S/C10H10O2S/c1-8(7-13)10(11)12-9-5-3-2-4-6-9/h2-7,13H,1H3. The van der Waals surface area contributed by atoms with E-state index < -0.39 is 0 Å². The Morgan fingerprint density at radius 2 is 2.00 bits per heavy atom. The van der Waals surface area contributed by atoms with Crippen molar-refractivity contribution in [2.45, 2.75) is 6.92 Å². The first-order valence-electron chi connectivity index (χ1n) is 3.82. The lowest BCUT2D eigenvalue weighted by atomic mass is 10.3. The molecule has 13 heavy (non-hydrogen) atoms. The van der Waals surface area contributed by atoms with Crippen LogP contribution in [0.5, 0.6) is 5.75 Å². The number of carbonyl (C=O) groups is 1. The Labute approximate surface area is 82.6 Å². The van der Waals surface area contributed by atoms with Crippen molar-refractivity contribution in [2.24, 2.45) is 0 Å². The van der Waals surface area contributed by atoms with E-state index in [2.05, 4.69) is 12.6 Å². The molecule has 0 saturated heterocycles. The van der Waals surface area contributed by atoms with E-state index >= 15 is 0 Å². The first-order valence-corrected chi connectivity index (χ1v) is 4.34. The van der Waals surface area contributed by atoms with E-state index in [1.54, 1.807) is 19.1 Å². The number of rotatable bonds is 2. The number of benzene rings is 1. The van der Waals surface area contributed by atoms with Gasteiger partial charge in [-0.2, -0.15) is 12.6 Å². The van der Waals surface area contributed by atoms with Crippen LogP contribution >= 0.6 is 12.6 Å². The highest BCUT2D eigenvalue weighted by Gasteiger charge is 2.05. The van der Waals surface area contributed by atoms with Gasteiger partial charge in [-0.1, -0.05) is 18.2 Å². The molecule has 2 nitrogen and oxygen atoms in total. The van der Waals surface area contributed by atoms with Crippen molar-refractivity contribution in [3.63, 3.8) is 0 Å². The van der Waals surface area contributed by atoms with Crippen molar-refractivity contribution in [3.8, 4) is 5.75 Å². The molecule has 0 saturated carbocycles. The minimum atomic E-state index is -0.374. The number of para-hydroxylation sites is 1. The minimum absolute atomic E-state index is 0.374. The minimum Gasteiger partial charge on any atom is -0.423 e. The summed E-state index contributed by atoms with van der Waals surface area (Å²) >= 11 is 3.86. The Morgan fingerprint density at radius 1 is 1.38 bits per heavy atom. The van der Waals surface area contributed by atoms with Crippen LogP contribution in [-0.4, -0.2) is 5.97 Å². The molecule has 0 heterocycles. The zero-order valence-electron chi connectivity index (χ0n) is 7.23. The van der Waals surface area contributed by atoms with Crippen molar-refractivity contribution < 1.29 is 9.53 Å². The van der Waals surface area contributed by atoms with Crippen LogP contribution in [0, 0.1) is 0 Å². The van der Waals surface area contributed by atoms with Gasteiger partial charge < -0.3 is 4.74 Å². The number of esters is 1. The van der Waals surface area contributed by atoms with Gasteiger partial charge in [-0.25, -0.2) is 4.79 Å². The molecule has 3 heteroatoms. The van der Waals surface area contributed by atoms with Gasteiger partial charge in [0.2, 0.25) is 0 Å². The SMILES string of the molecule is CC(=CS)C(=O)Oc1ccccc1. The molecular formula is C10H10O2S. The van der Waals surface area contributed by atoms with E-state index in [0.717, 1.165) is 0 Å². The van der Waals surface area contributed by atoms with Gasteiger partial charge >= 0.3 is 5.97 Å². The predicted octanol–water partition coefficient (Wildman–Crippen LogP) is 2.43. The lowest BCUT2D eigenvalue weighted by Crippen LogP contribution is -2.08. The fraction of sp³-hybridized carbons (Fsp3) is 0.100. The van der Waals surface area contributed by atoms with Gasteiger partial charge in [-0.15, -0.1) is 0 Å². The molecule has 0 radical (unpaired) electrons. The van der Waals surface area contributed by atoms with Gasteiger partial charge in [-0.05, 0) is 24.5 Å². The monoisotopic (exact) mass is 194 g/mol. The number of hydrogen-bond donors (Lipinski definition) is 1. The molecule has 0 aliphatic carbocycles. The molecule has 1 aromatic carbocycles. The van der Waals surface area contributed by atoms with Gasteiger partial charge in [0.25, 0.3) is 0 Å². The van der Waals surface area contributed by atoms with Crippen molar-refractivity contribution in [3.05, 3.63) is 41.3 Å². The van der Waals surface area contributed by atoms with E-state index in [0.29, 0.717) is 11.3 Å². The Kier molecular flexibility index (Phi) is 3.58. The lowest BCUT2D eigenvalue weighted by Gasteiger charge is -2.02. The van der Waals surface area contributed by atoms with E-state index in [1.807, 2.05) is 18.2 Å². The number of hydrogen-bond acceptors (Lipinski definition) is 3. The van der Waals surface area contributed by atoms with E-state index in [-0.39, 0.29) is 5.97 Å². The Bertz CT molecular complexity index is 317. The fourth-order valence-corrected chi connectivity index (χ4v) is 0.834. The van der Waals surface area contributed by atoms with E-state index in [1.165, 1.54) is 5.41 Å². The highest BCUT2D eigenvalue weighted by molar-refractivity contribution is 7.83. The second-order valence-corrected chi connectivity index (χ2v) is 2.77. The van der Waals surface area contributed by atoms with Crippen molar-refractivity contribution in [1.82, 2.24) is 0 Å². The Morgan fingerprint density at radius 3 is 2.54 bits per heavy atom. The van der Waals surface area contributed by atoms with Crippen LogP contribution in [0.15, 0.2) is 41.3 Å². The number of carbonyl (C=O) groups excluding carboxylic acids is 1. The molecule has 0 unspecified atom stereocenters. The van der Waals surface area contributed by atoms with E-state index in [4.69, 9.17) is 4.74 Å². The maximum atomic E-state index is 11.2. The molecule has 0 atom stereocenters. The summed E-state index contributed by atoms with van der Waals surface area (Å²) in [6, 6.07) is 8.93. The summed E-state index contributed by atoms with van der Waals surface area (Å²) in [5.41, 5.74) is 0.479. The first kappa shape index (κ1) is 9.86. The predicted molar refractivity (Wildman–Crippen MR) is 54.8 cm³/mol. The van der Waals surface area contributed by atoms with Gasteiger partial charge in [-0.3, -0.25) is 0 Å². The van der Waals surface area contributed by atoms with Crippen molar-refractivity contribution in [2.75, 3.05) is 0 Å². The number of thiol groups is 1. The molecule has 0 bridgehead atoms. The zero-order chi connectivity index (χ0) is 9.68. The van der Waals surface area contributed by atoms with Gasteiger partial charge in [0.1, 0.15) is 5.75 Å². The molecule has 0 aromatic heterocycles. The third kappa shape index (κ3) is 2.95. The highest BCUT2D eigenvalue weighted by Crippen LogP contribution is 2.10. The first-order chi connectivity index (χ1) is 6.24. The molecule has 0 fully saturated rings. The molecule has 68 valence electrons.